The van der Waals surface area contributed by atoms with Gasteiger partial charge in [-0.05, 0) is 50.6 Å². The van der Waals surface area contributed by atoms with Crippen molar-refractivity contribution < 1.29 is 32.2 Å². The molecule has 1 N–H and O–H groups in total. The van der Waals surface area contributed by atoms with E-state index in [4.69, 9.17) is 30.5 Å². The summed E-state index contributed by atoms with van der Waals surface area (Å²) in [5.74, 6) is 0.505. The van der Waals surface area contributed by atoms with E-state index >= 15 is 0 Å². The number of benzene rings is 2. The minimum Gasteiger partial charge on any atom is -0.493 e. The molecule has 3 rings (SSSR count). The second kappa shape index (κ2) is 11.9. The van der Waals surface area contributed by atoms with E-state index in [1.807, 2.05) is 20.8 Å². The molecule has 2 aromatic carbocycles. The van der Waals surface area contributed by atoms with Gasteiger partial charge in [-0.1, -0.05) is 18.5 Å². The zero-order chi connectivity index (χ0) is 25.6. The molecule has 0 aromatic heterocycles. The maximum absolute atomic E-state index is 13.2. The second-order valence-corrected chi connectivity index (χ2v) is 10.5. The third kappa shape index (κ3) is 6.58. The van der Waals surface area contributed by atoms with Crippen LogP contribution in [0.5, 0.6) is 17.2 Å². The van der Waals surface area contributed by atoms with E-state index in [2.05, 4.69) is 5.32 Å². The fourth-order valence-corrected chi connectivity index (χ4v) is 5.15. The van der Waals surface area contributed by atoms with Crippen LogP contribution in [0.4, 0.5) is 5.69 Å². The molecular weight excluding hydrogens is 496 g/mol. The van der Waals surface area contributed by atoms with Crippen LogP contribution < -0.4 is 19.5 Å². The third-order valence-corrected chi connectivity index (χ3v) is 7.29. The Kier molecular flexibility index (Phi) is 9.23. The molecule has 1 aliphatic heterocycles. The van der Waals surface area contributed by atoms with Crippen LogP contribution in [-0.2, 0) is 14.8 Å². The van der Waals surface area contributed by atoms with Gasteiger partial charge in [-0.25, -0.2) is 8.42 Å². The minimum absolute atomic E-state index is 0.0460. The minimum atomic E-state index is -3.77. The first-order valence-electron chi connectivity index (χ1n) is 11.4. The Balaban J connectivity index is 1.95. The predicted octanol–water partition coefficient (Wildman–Crippen LogP) is 4.20. The van der Waals surface area contributed by atoms with Gasteiger partial charge >= 0.3 is 0 Å². The number of hydrogen-bond acceptors (Lipinski definition) is 7. The van der Waals surface area contributed by atoms with Crippen LogP contribution in [0.3, 0.4) is 0 Å². The molecule has 192 valence electrons. The summed E-state index contributed by atoms with van der Waals surface area (Å²) < 4.78 is 49.7. The summed E-state index contributed by atoms with van der Waals surface area (Å²) in [6.45, 7) is 7.27. The molecule has 35 heavy (non-hydrogen) atoms. The van der Waals surface area contributed by atoms with E-state index in [1.165, 1.54) is 41.7 Å². The molecule has 11 heteroatoms. The monoisotopic (exact) mass is 526 g/mol. The number of amides is 1. The highest BCUT2D eigenvalue weighted by molar-refractivity contribution is 7.89. The highest BCUT2D eigenvalue weighted by Gasteiger charge is 2.28. The zero-order valence-electron chi connectivity index (χ0n) is 20.3. The number of sulfonamides is 1. The van der Waals surface area contributed by atoms with Gasteiger partial charge in [-0.2, -0.15) is 4.31 Å². The molecular formula is C24H31ClN2O7S. The fourth-order valence-electron chi connectivity index (χ4n) is 3.45. The van der Waals surface area contributed by atoms with E-state index in [0.717, 1.165) is 6.42 Å². The molecule has 9 nitrogen and oxygen atoms in total. The van der Waals surface area contributed by atoms with Crippen molar-refractivity contribution in [2.45, 2.75) is 38.2 Å². The molecule has 1 amide bonds. The number of hydrogen-bond donors (Lipinski definition) is 1. The highest BCUT2D eigenvalue weighted by atomic mass is 35.5. The Bertz CT molecular complexity index is 1150. The van der Waals surface area contributed by atoms with Crippen LogP contribution in [0.1, 0.15) is 37.6 Å². The number of anilines is 1. The first kappa shape index (κ1) is 27.1. The summed E-state index contributed by atoms with van der Waals surface area (Å²) in [4.78, 5) is 13.2. The Morgan fingerprint density at radius 3 is 2.51 bits per heavy atom. The molecule has 1 fully saturated rings. The SMILES string of the molecule is CCCOc1c(Cl)cc(C(=O)Nc2cc(S(=O)(=O)N3CCOCC3)ccc2OC(C)C)cc1OC. The van der Waals surface area contributed by atoms with Crippen molar-refractivity contribution in [1.82, 2.24) is 4.31 Å². The smallest absolute Gasteiger partial charge is 0.255 e. The molecule has 1 heterocycles. The molecule has 2 aromatic rings. The van der Waals surface area contributed by atoms with Crippen molar-refractivity contribution in [3.8, 4) is 17.2 Å². The van der Waals surface area contributed by atoms with Gasteiger partial charge in [0.05, 0.1) is 48.6 Å². The number of nitrogens with zero attached hydrogens (tertiary/aromatic N) is 1. The Labute approximate surface area is 211 Å². The lowest BCUT2D eigenvalue weighted by atomic mass is 10.1. The number of carbonyl (C=O) groups excluding carboxylic acids is 1. The average Bonchev–Trinajstić information content (AvgIpc) is 2.84. The third-order valence-electron chi connectivity index (χ3n) is 5.11. The van der Waals surface area contributed by atoms with Crippen molar-refractivity contribution in [3.63, 3.8) is 0 Å². The van der Waals surface area contributed by atoms with Gasteiger partial charge < -0.3 is 24.3 Å². The van der Waals surface area contributed by atoms with E-state index in [9.17, 15) is 13.2 Å². The van der Waals surface area contributed by atoms with Gasteiger partial charge in [-0.3, -0.25) is 4.79 Å². The summed E-state index contributed by atoms with van der Waals surface area (Å²) in [7, 11) is -2.31. The molecule has 0 spiro atoms. The van der Waals surface area contributed by atoms with Gasteiger partial charge in [0.15, 0.2) is 11.5 Å². The van der Waals surface area contributed by atoms with Gasteiger partial charge in [0, 0.05) is 18.7 Å². The summed E-state index contributed by atoms with van der Waals surface area (Å²) in [5, 5.41) is 2.99. The van der Waals surface area contributed by atoms with Crippen molar-refractivity contribution in [3.05, 3.63) is 40.9 Å². The van der Waals surface area contributed by atoms with E-state index in [0.29, 0.717) is 37.1 Å². The number of halogens is 1. The maximum atomic E-state index is 13.2. The van der Waals surface area contributed by atoms with Crippen molar-refractivity contribution in [1.29, 1.82) is 0 Å². The van der Waals surface area contributed by atoms with Crippen LogP contribution in [0, 0.1) is 0 Å². The number of methoxy groups -OCH3 is 1. The summed E-state index contributed by atoms with van der Waals surface area (Å²) in [6.07, 6.45) is 0.584. The van der Waals surface area contributed by atoms with Crippen LogP contribution >= 0.6 is 11.6 Å². The lowest BCUT2D eigenvalue weighted by Gasteiger charge is -2.26. The summed E-state index contributed by atoms with van der Waals surface area (Å²) in [5.41, 5.74) is 0.437. The van der Waals surface area contributed by atoms with E-state index in [1.54, 1.807) is 0 Å². The predicted molar refractivity (Wildman–Crippen MR) is 134 cm³/mol. The van der Waals surface area contributed by atoms with Crippen LogP contribution in [-0.4, -0.2) is 64.8 Å². The normalized spacial score (nSPS) is 14.6. The van der Waals surface area contributed by atoms with Crippen LogP contribution in [0.2, 0.25) is 5.02 Å². The van der Waals surface area contributed by atoms with Gasteiger partial charge in [0.1, 0.15) is 5.75 Å². The van der Waals surface area contributed by atoms with Crippen molar-refractivity contribution >= 4 is 33.2 Å². The average molecular weight is 527 g/mol. The molecule has 1 aliphatic rings. The number of nitrogens with one attached hydrogen (secondary N) is 1. The van der Waals surface area contributed by atoms with Crippen LogP contribution in [0.15, 0.2) is 35.2 Å². The molecule has 0 unspecified atom stereocenters. The maximum Gasteiger partial charge on any atom is 0.255 e. The largest absolute Gasteiger partial charge is 0.493 e. The van der Waals surface area contributed by atoms with Gasteiger partial charge in [-0.15, -0.1) is 0 Å². The molecule has 1 saturated heterocycles. The van der Waals surface area contributed by atoms with Crippen molar-refractivity contribution in [2.75, 3.05) is 45.3 Å². The molecule has 0 saturated carbocycles. The lowest BCUT2D eigenvalue weighted by molar-refractivity contribution is 0.0730. The van der Waals surface area contributed by atoms with E-state index < -0.39 is 15.9 Å². The molecule has 0 aliphatic carbocycles. The first-order valence-corrected chi connectivity index (χ1v) is 13.2. The number of morpholine rings is 1. The van der Waals surface area contributed by atoms with Gasteiger partial charge in [0.25, 0.3) is 5.91 Å². The zero-order valence-corrected chi connectivity index (χ0v) is 21.9. The Hall–Kier alpha value is -2.53. The number of rotatable bonds is 10. The Morgan fingerprint density at radius 1 is 1.17 bits per heavy atom. The first-order chi connectivity index (χ1) is 16.7. The molecule has 0 radical (unpaired) electrons. The molecule has 0 atom stereocenters. The van der Waals surface area contributed by atoms with Crippen molar-refractivity contribution in [2.24, 2.45) is 0 Å². The quantitative estimate of drug-likeness (QED) is 0.495. The van der Waals surface area contributed by atoms with E-state index in [-0.39, 0.29) is 40.4 Å². The second-order valence-electron chi connectivity index (χ2n) is 8.13. The highest BCUT2D eigenvalue weighted by Crippen LogP contribution is 2.37. The van der Waals surface area contributed by atoms with Gasteiger partial charge in [0.2, 0.25) is 10.0 Å². The fraction of sp³-hybridized carbons (Fsp3) is 0.458. The molecule has 0 bridgehead atoms. The van der Waals surface area contributed by atoms with Crippen LogP contribution in [0.25, 0.3) is 0 Å². The standard InChI is InChI=1S/C24H31ClN2O7S/c1-5-10-33-23-19(25)13-17(14-22(23)31-4)24(28)26-20-15-18(6-7-21(20)34-16(2)3)35(29,30)27-8-11-32-12-9-27/h6-7,13-16H,5,8-12H2,1-4H3,(H,26,28). The summed E-state index contributed by atoms with van der Waals surface area (Å²) >= 11 is 6.36. The topological polar surface area (TPSA) is 103 Å². The number of ether oxygens (including phenoxy) is 4. The number of carbonyl (C=O) groups is 1. The Morgan fingerprint density at radius 2 is 1.89 bits per heavy atom. The summed E-state index contributed by atoms with van der Waals surface area (Å²) in [6, 6.07) is 7.40. The lowest BCUT2D eigenvalue weighted by Crippen LogP contribution is -2.40.